The molecule has 2 N–H and O–H groups in total. The third-order valence-electron chi connectivity index (χ3n) is 3.14. The molecule has 13 heavy (non-hydrogen) atoms. The topological polar surface area (TPSA) is 29.3 Å². The van der Waals surface area contributed by atoms with Crippen LogP contribution in [0.4, 0.5) is 0 Å². The van der Waals surface area contributed by atoms with E-state index in [0.717, 1.165) is 13.1 Å². The van der Waals surface area contributed by atoms with Gasteiger partial charge in [0, 0.05) is 6.54 Å². The predicted octanol–water partition coefficient (Wildman–Crippen LogP) is 2.09. The highest BCUT2D eigenvalue weighted by Crippen LogP contribution is 2.25. The van der Waals surface area contributed by atoms with Crippen LogP contribution in [0.3, 0.4) is 0 Å². The molecule has 0 saturated heterocycles. The fourth-order valence-corrected chi connectivity index (χ4v) is 1.86. The summed E-state index contributed by atoms with van der Waals surface area (Å²) in [7, 11) is 2.19. The van der Waals surface area contributed by atoms with Gasteiger partial charge in [0.05, 0.1) is 0 Å². The Labute approximate surface area is 83.5 Å². The van der Waals surface area contributed by atoms with Crippen molar-refractivity contribution < 1.29 is 0 Å². The largest absolute Gasteiger partial charge is 0.330 e. The average molecular weight is 186 g/mol. The third kappa shape index (κ3) is 4.10. The summed E-state index contributed by atoms with van der Waals surface area (Å²) in [6, 6.07) is 0. The summed E-state index contributed by atoms with van der Waals surface area (Å²) in [5, 5.41) is 0. The lowest BCUT2D eigenvalue weighted by Crippen LogP contribution is -2.40. The number of rotatable bonds is 7. The van der Waals surface area contributed by atoms with Gasteiger partial charge in [0.2, 0.25) is 0 Å². The van der Waals surface area contributed by atoms with E-state index in [1.165, 1.54) is 25.8 Å². The Balaban J connectivity index is 4.07. The van der Waals surface area contributed by atoms with E-state index < -0.39 is 0 Å². The quantitative estimate of drug-likeness (QED) is 0.659. The molecule has 0 bridgehead atoms. The summed E-state index contributed by atoms with van der Waals surface area (Å²) in [4.78, 5) is 2.40. The molecule has 0 aromatic rings. The van der Waals surface area contributed by atoms with E-state index in [1.807, 2.05) is 0 Å². The zero-order valence-corrected chi connectivity index (χ0v) is 9.77. The van der Waals surface area contributed by atoms with Crippen LogP contribution in [-0.4, -0.2) is 31.6 Å². The summed E-state index contributed by atoms with van der Waals surface area (Å²) in [6.45, 7) is 9.85. The van der Waals surface area contributed by atoms with E-state index in [1.54, 1.807) is 0 Å². The van der Waals surface area contributed by atoms with Crippen molar-refractivity contribution in [2.24, 2.45) is 11.1 Å². The second-order valence-electron chi connectivity index (χ2n) is 4.15. The van der Waals surface area contributed by atoms with Crippen LogP contribution in [0.5, 0.6) is 0 Å². The van der Waals surface area contributed by atoms with Crippen molar-refractivity contribution in [2.75, 3.05) is 26.7 Å². The molecule has 0 unspecified atom stereocenters. The SMILES string of the molecule is CCCN(C)CC(CC)(CC)CN. The summed E-state index contributed by atoms with van der Waals surface area (Å²) in [6.07, 6.45) is 3.60. The fraction of sp³-hybridized carbons (Fsp3) is 1.00. The lowest BCUT2D eigenvalue weighted by atomic mass is 9.82. The van der Waals surface area contributed by atoms with Gasteiger partial charge in [0.15, 0.2) is 0 Å². The second kappa shape index (κ2) is 6.39. The maximum absolute atomic E-state index is 5.85. The minimum absolute atomic E-state index is 0.351. The Bertz CT molecular complexity index is 111. The smallest absolute Gasteiger partial charge is 0.00468 e. The van der Waals surface area contributed by atoms with Crippen molar-refractivity contribution >= 4 is 0 Å². The highest BCUT2D eigenvalue weighted by atomic mass is 15.1. The molecule has 0 spiro atoms. The Morgan fingerprint density at radius 1 is 1.15 bits per heavy atom. The molecule has 0 aliphatic carbocycles. The van der Waals surface area contributed by atoms with Crippen LogP contribution in [0.1, 0.15) is 40.0 Å². The molecule has 0 fully saturated rings. The monoisotopic (exact) mass is 186 g/mol. The summed E-state index contributed by atoms with van der Waals surface area (Å²) in [5.74, 6) is 0. The molecule has 0 aliphatic rings. The summed E-state index contributed by atoms with van der Waals surface area (Å²) >= 11 is 0. The summed E-state index contributed by atoms with van der Waals surface area (Å²) in [5.41, 5.74) is 6.20. The van der Waals surface area contributed by atoms with E-state index in [4.69, 9.17) is 5.73 Å². The molecular formula is C11H26N2. The first-order chi connectivity index (χ1) is 6.14. The zero-order chi connectivity index (χ0) is 10.3. The summed E-state index contributed by atoms with van der Waals surface area (Å²) < 4.78 is 0. The molecule has 0 aromatic carbocycles. The van der Waals surface area contributed by atoms with Gasteiger partial charge in [-0.15, -0.1) is 0 Å². The number of nitrogens with two attached hydrogens (primary N) is 1. The molecule has 2 nitrogen and oxygen atoms in total. The van der Waals surface area contributed by atoms with Gasteiger partial charge in [-0.1, -0.05) is 20.8 Å². The first-order valence-corrected chi connectivity index (χ1v) is 5.52. The van der Waals surface area contributed by atoms with Gasteiger partial charge in [0.1, 0.15) is 0 Å². The zero-order valence-electron chi connectivity index (χ0n) is 9.77. The van der Waals surface area contributed by atoms with Gasteiger partial charge in [-0.3, -0.25) is 0 Å². The minimum atomic E-state index is 0.351. The molecule has 0 heterocycles. The van der Waals surface area contributed by atoms with Crippen molar-refractivity contribution in [1.82, 2.24) is 4.90 Å². The van der Waals surface area contributed by atoms with Crippen molar-refractivity contribution in [3.8, 4) is 0 Å². The van der Waals surface area contributed by atoms with Crippen LogP contribution in [0, 0.1) is 5.41 Å². The molecule has 80 valence electrons. The molecule has 0 radical (unpaired) electrons. The molecule has 0 atom stereocenters. The molecule has 0 rings (SSSR count). The molecule has 0 aliphatic heterocycles. The van der Waals surface area contributed by atoms with Crippen molar-refractivity contribution in [3.63, 3.8) is 0 Å². The normalized spacial score (nSPS) is 12.5. The fourth-order valence-electron chi connectivity index (χ4n) is 1.86. The number of hydrogen-bond acceptors (Lipinski definition) is 2. The first kappa shape index (κ1) is 12.9. The van der Waals surface area contributed by atoms with Gasteiger partial charge >= 0.3 is 0 Å². The van der Waals surface area contributed by atoms with Crippen LogP contribution in [0.25, 0.3) is 0 Å². The highest BCUT2D eigenvalue weighted by Gasteiger charge is 2.25. The van der Waals surface area contributed by atoms with E-state index in [9.17, 15) is 0 Å². The van der Waals surface area contributed by atoms with Gasteiger partial charge < -0.3 is 10.6 Å². The van der Waals surface area contributed by atoms with Crippen molar-refractivity contribution in [1.29, 1.82) is 0 Å². The van der Waals surface area contributed by atoms with E-state index in [0.29, 0.717) is 5.41 Å². The van der Waals surface area contributed by atoms with Gasteiger partial charge in [-0.05, 0) is 44.8 Å². The van der Waals surface area contributed by atoms with Crippen LogP contribution in [-0.2, 0) is 0 Å². The Morgan fingerprint density at radius 3 is 2.00 bits per heavy atom. The minimum Gasteiger partial charge on any atom is -0.330 e. The van der Waals surface area contributed by atoms with E-state index >= 15 is 0 Å². The number of nitrogens with zero attached hydrogens (tertiary/aromatic N) is 1. The highest BCUT2D eigenvalue weighted by molar-refractivity contribution is 4.80. The predicted molar refractivity (Wildman–Crippen MR) is 59.9 cm³/mol. The Hall–Kier alpha value is -0.0800. The Morgan fingerprint density at radius 2 is 1.69 bits per heavy atom. The third-order valence-corrected chi connectivity index (χ3v) is 3.14. The Kier molecular flexibility index (Phi) is 6.35. The van der Waals surface area contributed by atoms with Crippen LogP contribution in [0.15, 0.2) is 0 Å². The molecule has 0 aromatic heterocycles. The molecule has 0 saturated carbocycles. The lowest BCUT2D eigenvalue weighted by Gasteiger charge is -2.34. The standard InChI is InChI=1S/C11H26N2/c1-5-8-13(4)10-11(6-2,7-3)9-12/h5-10,12H2,1-4H3. The maximum Gasteiger partial charge on any atom is 0.00468 e. The lowest BCUT2D eigenvalue weighted by molar-refractivity contribution is 0.167. The second-order valence-corrected chi connectivity index (χ2v) is 4.15. The number of hydrogen-bond donors (Lipinski definition) is 1. The van der Waals surface area contributed by atoms with Crippen molar-refractivity contribution in [3.05, 3.63) is 0 Å². The maximum atomic E-state index is 5.85. The molecule has 0 amide bonds. The van der Waals surface area contributed by atoms with Crippen LogP contribution < -0.4 is 5.73 Å². The van der Waals surface area contributed by atoms with E-state index in [-0.39, 0.29) is 0 Å². The van der Waals surface area contributed by atoms with Crippen LogP contribution in [0.2, 0.25) is 0 Å². The van der Waals surface area contributed by atoms with Gasteiger partial charge in [0.25, 0.3) is 0 Å². The van der Waals surface area contributed by atoms with E-state index in [2.05, 4.69) is 32.7 Å². The first-order valence-electron chi connectivity index (χ1n) is 5.52. The average Bonchev–Trinajstić information content (AvgIpc) is 2.15. The van der Waals surface area contributed by atoms with Gasteiger partial charge in [-0.2, -0.15) is 0 Å². The van der Waals surface area contributed by atoms with Crippen LogP contribution >= 0.6 is 0 Å². The van der Waals surface area contributed by atoms with Crippen molar-refractivity contribution in [2.45, 2.75) is 40.0 Å². The van der Waals surface area contributed by atoms with Gasteiger partial charge in [-0.25, -0.2) is 0 Å². The molecular weight excluding hydrogens is 160 g/mol. The molecule has 2 heteroatoms.